The number of carbonyl (C=O) groups is 1. The van der Waals surface area contributed by atoms with Crippen molar-refractivity contribution in [2.24, 2.45) is 0 Å². The number of ether oxygens (including phenoxy) is 3. The monoisotopic (exact) mass is 342 g/mol. The Kier molecular flexibility index (Phi) is 4.90. The number of aromatic amines is 1. The van der Waals surface area contributed by atoms with Gasteiger partial charge in [0.15, 0.2) is 5.69 Å². The molecule has 0 unspecified atom stereocenters. The van der Waals surface area contributed by atoms with Crippen LogP contribution < -0.4 is 4.74 Å². The zero-order valence-electron chi connectivity index (χ0n) is 14.9. The van der Waals surface area contributed by atoms with E-state index in [1.165, 1.54) is 0 Å². The molecule has 0 aliphatic rings. The number of hydrogen-bond acceptors (Lipinski definition) is 5. The fraction of sp³-hybridized carbons (Fsp3) is 0.368. The molecule has 0 aliphatic carbocycles. The number of aromatic nitrogens is 2. The normalized spacial score (nSPS) is 11.4. The van der Waals surface area contributed by atoms with Crippen LogP contribution in [0.4, 0.5) is 0 Å². The van der Waals surface area contributed by atoms with Gasteiger partial charge in [-0.2, -0.15) is 0 Å². The third kappa shape index (κ3) is 3.30. The van der Waals surface area contributed by atoms with Gasteiger partial charge in [-0.1, -0.05) is 0 Å². The Labute approximate surface area is 146 Å². The second-order valence-electron chi connectivity index (χ2n) is 6.03. The SMILES string of the molecule is CCOC(=O)c1ncc2[nH]c3ccc(OC(C)C)cc3c2c1COC. The maximum Gasteiger partial charge on any atom is 0.357 e. The van der Waals surface area contributed by atoms with E-state index in [9.17, 15) is 4.79 Å². The van der Waals surface area contributed by atoms with Crippen LogP contribution in [-0.4, -0.2) is 35.8 Å². The summed E-state index contributed by atoms with van der Waals surface area (Å²) in [7, 11) is 1.59. The number of hydrogen-bond donors (Lipinski definition) is 1. The number of fused-ring (bicyclic) bond motifs is 3. The van der Waals surface area contributed by atoms with E-state index in [0.717, 1.165) is 27.6 Å². The summed E-state index contributed by atoms with van der Waals surface area (Å²) in [4.78, 5) is 19.9. The first-order valence-electron chi connectivity index (χ1n) is 8.31. The summed E-state index contributed by atoms with van der Waals surface area (Å²) >= 11 is 0. The Morgan fingerprint density at radius 1 is 1.28 bits per heavy atom. The van der Waals surface area contributed by atoms with Crippen molar-refractivity contribution in [3.05, 3.63) is 35.7 Å². The number of H-pyrrole nitrogens is 1. The number of methoxy groups -OCH3 is 1. The van der Waals surface area contributed by atoms with Crippen molar-refractivity contribution in [1.82, 2.24) is 9.97 Å². The van der Waals surface area contributed by atoms with Gasteiger partial charge in [-0.15, -0.1) is 0 Å². The summed E-state index contributed by atoms with van der Waals surface area (Å²) < 4.78 is 16.3. The second kappa shape index (κ2) is 7.11. The summed E-state index contributed by atoms with van der Waals surface area (Å²) in [6, 6.07) is 5.86. The van der Waals surface area contributed by atoms with Gasteiger partial charge in [-0.3, -0.25) is 0 Å². The summed E-state index contributed by atoms with van der Waals surface area (Å²) in [5.41, 5.74) is 2.79. The van der Waals surface area contributed by atoms with E-state index in [1.54, 1.807) is 20.2 Å². The number of pyridine rings is 1. The van der Waals surface area contributed by atoms with Crippen LogP contribution in [0.15, 0.2) is 24.4 Å². The highest BCUT2D eigenvalue weighted by Crippen LogP contribution is 2.33. The second-order valence-corrected chi connectivity index (χ2v) is 6.03. The highest BCUT2D eigenvalue weighted by molar-refractivity contribution is 6.11. The molecule has 25 heavy (non-hydrogen) atoms. The Balaban J connectivity index is 2.25. The molecule has 0 saturated heterocycles. The van der Waals surface area contributed by atoms with Crippen LogP contribution in [0.25, 0.3) is 21.8 Å². The van der Waals surface area contributed by atoms with Gasteiger partial charge in [0.2, 0.25) is 0 Å². The van der Waals surface area contributed by atoms with Crippen molar-refractivity contribution >= 4 is 27.8 Å². The molecule has 0 fully saturated rings. The van der Waals surface area contributed by atoms with E-state index in [1.807, 2.05) is 32.0 Å². The Hall–Kier alpha value is -2.60. The van der Waals surface area contributed by atoms with Gasteiger partial charge in [0.25, 0.3) is 0 Å². The van der Waals surface area contributed by atoms with E-state index >= 15 is 0 Å². The van der Waals surface area contributed by atoms with Crippen LogP contribution in [0.2, 0.25) is 0 Å². The number of rotatable bonds is 6. The van der Waals surface area contributed by atoms with E-state index in [-0.39, 0.29) is 18.4 Å². The summed E-state index contributed by atoms with van der Waals surface area (Å²) in [6.07, 6.45) is 1.74. The topological polar surface area (TPSA) is 73.4 Å². The fourth-order valence-corrected chi connectivity index (χ4v) is 2.94. The summed E-state index contributed by atoms with van der Waals surface area (Å²) in [5, 5.41) is 1.87. The standard InChI is InChI=1S/C19H22N2O4/c1-5-24-19(22)18-14(10-23-4)17-13-8-12(25-11(2)3)6-7-15(13)21-16(17)9-20-18/h6-9,11,21H,5,10H2,1-4H3. The van der Waals surface area contributed by atoms with Crippen molar-refractivity contribution in [2.75, 3.05) is 13.7 Å². The molecule has 0 atom stereocenters. The minimum absolute atomic E-state index is 0.0814. The van der Waals surface area contributed by atoms with Crippen molar-refractivity contribution in [3.8, 4) is 5.75 Å². The van der Waals surface area contributed by atoms with Crippen LogP contribution in [0.5, 0.6) is 5.75 Å². The summed E-state index contributed by atoms with van der Waals surface area (Å²) in [6.45, 7) is 6.30. The van der Waals surface area contributed by atoms with Crippen molar-refractivity contribution in [2.45, 2.75) is 33.5 Å². The number of nitrogens with zero attached hydrogens (tertiary/aromatic N) is 1. The first kappa shape index (κ1) is 17.2. The summed E-state index contributed by atoms with van der Waals surface area (Å²) in [5.74, 6) is 0.335. The lowest BCUT2D eigenvalue weighted by atomic mass is 10.1. The molecule has 0 radical (unpaired) electrons. The van der Waals surface area contributed by atoms with Crippen molar-refractivity contribution in [1.29, 1.82) is 0 Å². The molecule has 0 amide bonds. The van der Waals surface area contributed by atoms with Gasteiger partial charge < -0.3 is 19.2 Å². The first-order chi connectivity index (χ1) is 12.0. The van der Waals surface area contributed by atoms with Crippen LogP contribution >= 0.6 is 0 Å². The predicted molar refractivity (Wildman–Crippen MR) is 96.0 cm³/mol. The Morgan fingerprint density at radius 2 is 2.08 bits per heavy atom. The number of nitrogens with one attached hydrogen (secondary N) is 1. The van der Waals surface area contributed by atoms with Crippen LogP contribution in [0, 0.1) is 0 Å². The van der Waals surface area contributed by atoms with E-state index < -0.39 is 5.97 Å². The Morgan fingerprint density at radius 3 is 2.76 bits per heavy atom. The third-order valence-electron chi connectivity index (χ3n) is 3.84. The molecule has 3 aromatic rings. The largest absolute Gasteiger partial charge is 0.491 e. The average molecular weight is 342 g/mol. The zero-order chi connectivity index (χ0) is 18.0. The third-order valence-corrected chi connectivity index (χ3v) is 3.84. The van der Waals surface area contributed by atoms with Crippen LogP contribution in [0.3, 0.4) is 0 Å². The van der Waals surface area contributed by atoms with Gasteiger partial charge in [0.05, 0.1) is 31.0 Å². The van der Waals surface area contributed by atoms with Crippen LogP contribution in [0.1, 0.15) is 36.8 Å². The highest BCUT2D eigenvalue weighted by atomic mass is 16.5. The van der Waals surface area contributed by atoms with Gasteiger partial charge in [-0.05, 0) is 39.0 Å². The molecule has 2 heterocycles. The molecule has 3 rings (SSSR count). The molecule has 0 spiro atoms. The van der Waals surface area contributed by atoms with Crippen molar-refractivity contribution < 1.29 is 19.0 Å². The molecule has 6 nitrogen and oxygen atoms in total. The Bertz CT molecular complexity index is 915. The molecule has 0 saturated carbocycles. The average Bonchev–Trinajstić information content (AvgIpc) is 2.93. The minimum atomic E-state index is -0.444. The van der Waals surface area contributed by atoms with Gasteiger partial charge in [0, 0.05) is 29.0 Å². The number of benzene rings is 1. The quantitative estimate of drug-likeness (QED) is 0.689. The maximum absolute atomic E-state index is 12.3. The number of esters is 1. The lowest BCUT2D eigenvalue weighted by molar-refractivity contribution is 0.0514. The van der Waals surface area contributed by atoms with E-state index in [0.29, 0.717) is 12.2 Å². The lowest BCUT2D eigenvalue weighted by Gasteiger charge is -2.11. The zero-order valence-corrected chi connectivity index (χ0v) is 14.9. The van der Waals surface area contributed by atoms with E-state index in [2.05, 4.69) is 9.97 Å². The maximum atomic E-state index is 12.3. The van der Waals surface area contributed by atoms with Gasteiger partial charge >= 0.3 is 5.97 Å². The van der Waals surface area contributed by atoms with Gasteiger partial charge in [-0.25, -0.2) is 9.78 Å². The molecule has 132 valence electrons. The number of carbonyl (C=O) groups excluding carboxylic acids is 1. The first-order valence-corrected chi connectivity index (χ1v) is 8.31. The molecule has 1 aromatic carbocycles. The smallest absolute Gasteiger partial charge is 0.357 e. The van der Waals surface area contributed by atoms with E-state index in [4.69, 9.17) is 14.2 Å². The van der Waals surface area contributed by atoms with Crippen LogP contribution in [-0.2, 0) is 16.1 Å². The van der Waals surface area contributed by atoms with Gasteiger partial charge in [0.1, 0.15) is 5.75 Å². The molecule has 0 bridgehead atoms. The minimum Gasteiger partial charge on any atom is -0.491 e. The fourth-order valence-electron chi connectivity index (χ4n) is 2.94. The predicted octanol–water partition coefficient (Wildman–Crippen LogP) is 3.83. The molecule has 1 N–H and O–H groups in total. The molecule has 6 heteroatoms. The molecule has 2 aromatic heterocycles. The van der Waals surface area contributed by atoms with Crippen molar-refractivity contribution in [3.63, 3.8) is 0 Å². The lowest BCUT2D eigenvalue weighted by Crippen LogP contribution is -2.11. The molecular weight excluding hydrogens is 320 g/mol. The molecule has 0 aliphatic heterocycles. The molecular formula is C19H22N2O4. The highest BCUT2D eigenvalue weighted by Gasteiger charge is 2.20.